The number of aryl methyl sites for hydroxylation is 3. The Morgan fingerprint density at radius 2 is 0.968 bits per heavy atom. The van der Waals surface area contributed by atoms with Gasteiger partial charge in [-0.25, -0.2) is 0 Å². The maximum atomic E-state index is 14.6. The van der Waals surface area contributed by atoms with Gasteiger partial charge in [0.05, 0.1) is 74.4 Å². The van der Waals surface area contributed by atoms with Crippen LogP contribution in [0.4, 0.5) is 0 Å². The van der Waals surface area contributed by atoms with Crippen molar-refractivity contribution in [2.75, 3.05) is 64.5 Å². The van der Waals surface area contributed by atoms with Crippen LogP contribution in [0.3, 0.4) is 0 Å². The first kappa shape index (κ1) is 50.6. The van der Waals surface area contributed by atoms with Crippen molar-refractivity contribution in [1.29, 1.82) is 0 Å². The maximum absolute atomic E-state index is 14.6. The first-order chi connectivity index (χ1) is 29.3. The van der Waals surface area contributed by atoms with Gasteiger partial charge in [0.1, 0.15) is 17.2 Å². The Morgan fingerprint density at radius 1 is 0.645 bits per heavy atom. The van der Waals surface area contributed by atoms with Crippen molar-refractivity contribution >= 4 is 14.7 Å². The van der Waals surface area contributed by atoms with Crippen LogP contribution in [0.1, 0.15) is 63.8 Å². The Labute approximate surface area is 361 Å². The molecule has 4 heterocycles. The summed E-state index contributed by atoms with van der Waals surface area (Å²) in [7, 11) is -8.57. The van der Waals surface area contributed by atoms with Crippen LogP contribution >= 0.6 is 14.7 Å². The molecule has 2 unspecified atom stereocenters. The maximum Gasteiger partial charge on any atom is 0.227 e. The summed E-state index contributed by atoms with van der Waals surface area (Å²) in [5, 5.41) is 85.1. The largest absolute Gasteiger partial charge is 0.512 e. The number of aromatic nitrogens is 3. The summed E-state index contributed by atoms with van der Waals surface area (Å²) in [6.07, 6.45) is 3.55. The zero-order valence-corrected chi connectivity index (χ0v) is 37.5. The third kappa shape index (κ3) is 13.3. The number of nitrogens with two attached hydrogens (primary N) is 1. The summed E-state index contributed by atoms with van der Waals surface area (Å²) >= 11 is 0. The van der Waals surface area contributed by atoms with Gasteiger partial charge >= 0.3 is 0 Å². The van der Waals surface area contributed by atoms with Crippen LogP contribution in [0.5, 0.6) is 17.2 Å². The van der Waals surface area contributed by atoms with E-state index in [9.17, 15) is 59.8 Å². The number of hydrogen-bond donors (Lipinski definition) is 11. The topological polar surface area (TPSA) is 314 Å². The normalized spacial score (nSPS) is 21.5. The molecule has 0 saturated carbocycles. The average molecular weight is 909 g/mol. The number of aromatic hydroxyl groups is 3. The number of aliphatic hydroxyl groups is 5. The molecule has 1 aliphatic heterocycles. The zero-order valence-electron chi connectivity index (χ0n) is 35.7. The minimum Gasteiger partial charge on any atom is -0.512 e. The van der Waals surface area contributed by atoms with Crippen molar-refractivity contribution in [3.63, 3.8) is 0 Å². The number of nitrogens with zero attached hydrogens (tertiary/aromatic N) is 7. The minimum atomic E-state index is -4.29. The van der Waals surface area contributed by atoms with E-state index in [0.29, 0.717) is 0 Å². The molecule has 0 aliphatic carbocycles. The Bertz CT molecular complexity index is 2190. The van der Waals surface area contributed by atoms with E-state index in [1.165, 1.54) is 18.6 Å². The lowest BCUT2D eigenvalue weighted by Gasteiger charge is -2.35. The van der Waals surface area contributed by atoms with E-state index in [2.05, 4.69) is 15.0 Å². The molecule has 20 nitrogen and oxygen atoms in total. The van der Waals surface area contributed by atoms with Crippen LogP contribution < -0.4 is 5.73 Å². The fraction of sp³-hybridized carbons (Fsp3) is 0.525. The summed E-state index contributed by atoms with van der Waals surface area (Å²) in [6.45, 7) is 3.54. The second kappa shape index (κ2) is 22.6. The van der Waals surface area contributed by atoms with Gasteiger partial charge in [-0.3, -0.25) is 43.7 Å². The quantitative estimate of drug-likeness (QED) is 0.0625. The summed E-state index contributed by atoms with van der Waals surface area (Å²) in [4.78, 5) is 42.5. The van der Waals surface area contributed by atoms with E-state index < -0.39 is 66.3 Å². The molecule has 3 aromatic rings. The molecule has 12 N–H and O–H groups in total. The van der Waals surface area contributed by atoms with Gasteiger partial charge in [-0.2, -0.15) is 0 Å². The molecule has 0 radical (unpaired) electrons. The Balaban J connectivity index is 1.89. The molecular weight excluding hydrogens is 846 g/mol. The number of pyridine rings is 3. The summed E-state index contributed by atoms with van der Waals surface area (Å²) < 4.78 is 29.2. The van der Waals surface area contributed by atoms with E-state index in [1.807, 2.05) is 0 Å². The van der Waals surface area contributed by atoms with Gasteiger partial charge < -0.3 is 56.4 Å². The van der Waals surface area contributed by atoms with Crippen molar-refractivity contribution in [3.8, 4) is 17.2 Å². The predicted octanol–water partition coefficient (Wildman–Crippen LogP) is 1.94. The summed E-state index contributed by atoms with van der Waals surface area (Å²) in [5.41, 5.74) is 8.62. The highest BCUT2D eigenvalue weighted by Crippen LogP contribution is 2.46. The number of hydrogen-bond acceptors (Lipinski definition) is 18. The molecule has 22 heteroatoms. The Morgan fingerprint density at radius 3 is 1.26 bits per heavy atom. The van der Waals surface area contributed by atoms with Gasteiger partial charge in [-0.15, -0.1) is 0 Å². The molecule has 62 heavy (non-hydrogen) atoms. The standard InChI is InChI=1S/C40H62N8O12P2/c1-5-37(53)33(29(10-41)18-49)14-45-6-7-46(15-34-30(19-50)11-42-26(2)38(34)54)24-62(59,60)25-48(17-36-32(21-52)13-44-28(4)40(36)56)9-8-47(23-61(57,58)22-45)16-35-31(20-51)12-43-27(3)39(35)55/h10-13,49-56H,5-9,14-25,41H2,1-4H3,(H,57,58)(H,59,60)/b29-10-,37-33+. The second-order valence-corrected chi connectivity index (χ2v) is 20.2. The van der Waals surface area contributed by atoms with Gasteiger partial charge in [-0.05, 0) is 27.0 Å². The molecule has 1 fully saturated rings. The molecule has 3 aromatic heterocycles. The molecule has 0 bridgehead atoms. The van der Waals surface area contributed by atoms with Crippen LogP contribution in [0, 0.1) is 20.8 Å². The SMILES string of the molecule is CC/C(O)=C(CN1CCN(Cc2c(CO)cnc(C)c2O)CP(=O)(O)CN(Cc2c(CO)cnc(C)c2O)CCN(Cc2c(CO)cnc(C)c2O)CP(=O)(O)C1)\C(=C/N)CO. The summed E-state index contributed by atoms with van der Waals surface area (Å²) in [6, 6.07) is 0. The lowest BCUT2D eigenvalue weighted by molar-refractivity contribution is 0.198. The lowest BCUT2D eigenvalue weighted by atomic mass is 10.0. The molecule has 4 rings (SSSR count). The molecule has 2 atom stereocenters. The van der Waals surface area contributed by atoms with Crippen molar-refractivity contribution in [1.82, 2.24) is 34.6 Å². The highest BCUT2D eigenvalue weighted by molar-refractivity contribution is 7.58. The van der Waals surface area contributed by atoms with Crippen molar-refractivity contribution in [2.45, 2.75) is 73.6 Å². The van der Waals surface area contributed by atoms with Crippen molar-refractivity contribution in [3.05, 3.63) is 92.2 Å². The third-order valence-corrected chi connectivity index (χ3v) is 14.3. The number of rotatable bonds is 14. The van der Waals surface area contributed by atoms with Gasteiger partial charge in [0.15, 0.2) is 0 Å². The lowest BCUT2D eigenvalue weighted by Crippen LogP contribution is -2.41. The average Bonchev–Trinajstić information content (AvgIpc) is 3.22. The van der Waals surface area contributed by atoms with E-state index in [0.717, 1.165) is 6.20 Å². The van der Waals surface area contributed by atoms with E-state index in [4.69, 9.17) is 5.73 Å². The molecular formula is C40H62N8O12P2. The number of allylic oxidation sites excluding steroid dienone is 1. The van der Waals surface area contributed by atoms with E-state index in [1.54, 1.807) is 47.3 Å². The predicted molar refractivity (Wildman–Crippen MR) is 231 cm³/mol. The smallest absolute Gasteiger partial charge is 0.227 e. The van der Waals surface area contributed by atoms with Crippen LogP contribution in [0.25, 0.3) is 0 Å². The van der Waals surface area contributed by atoms with Crippen LogP contribution in [0.2, 0.25) is 0 Å². The molecule has 0 spiro atoms. The third-order valence-electron chi connectivity index (χ3n) is 10.9. The molecule has 0 aromatic carbocycles. The number of aliphatic hydroxyl groups excluding tert-OH is 5. The van der Waals surface area contributed by atoms with Crippen LogP contribution in [-0.4, -0.2) is 150 Å². The fourth-order valence-corrected chi connectivity index (χ4v) is 11.1. The highest BCUT2D eigenvalue weighted by atomic mass is 31.2. The molecule has 1 aliphatic rings. The van der Waals surface area contributed by atoms with Crippen molar-refractivity contribution < 1.29 is 59.8 Å². The van der Waals surface area contributed by atoms with Gasteiger partial charge in [0, 0.05) is 122 Å². The first-order valence-corrected chi connectivity index (χ1v) is 24.1. The Hall–Kier alpha value is -4.01. The van der Waals surface area contributed by atoms with E-state index in [-0.39, 0.29) is 143 Å². The van der Waals surface area contributed by atoms with Gasteiger partial charge in [0.2, 0.25) is 14.7 Å². The highest BCUT2D eigenvalue weighted by Gasteiger charge is 2.33. The van der Waals surface area contributed by atoms with Gasteiger partial charge in [0.25, 0.3) is 0 Å². The van der Waals surface area contributed by atoms with Crippen LogP contribution in [0.15, 0.2) is 41.7 Å². The molecule has 1 saturated heterocycles. The molecule has 344 valence electrons. The Kier molecular flexibility index (Phi) is 18.4. The van der Waals surface area contributed by atoms with Crippen molar-refractivity contribution in [2.24, 2.45) is 5.73 Å². The monoisotopic (exact) mass is 908 g/mol. The molecule has 0 amide bonds. The second-order valence-electron chi connectivity index (χ2n) is 15.7. The van der Waals surface area contributed by atoms with Gasteiger partial charge in [-0.1, -0.05) is 6.92 Å². The first-order valence-electron chi connectivity index (χ1n) is 20.1. The van der Waals surface area contributed by atoms with Crippen LogP contribution in [-0.2, 0) is 48.6 Å². The fourth-order valence-electron chi connectivity index (χ4n) is 7.43. The minimum absolute atomic E-state index is 0.0450. The van der Waals surface area contributed by atoms with E-state index >= 15 is 0 Å². The summed E-state index contributed by atoms with van der Waals surface area (Å²) in [5.74, 6) is -0.781. The zero-order chi connectivity index (χ0) is 45.9.